The first-order valence-corrected chi connectivity index (χ1v) is 7.16. The molecule has 0 amide bonds. The third kappa shape index (κ3) is 4.68. The fraction of sp³-hybridized carbons (Fsp3) is 0.833. The third-order valence-electron chi connectivity index (χ3n) is 2.61. The van der Waals surface area contributed by atoms with E-state index in [1.807, 2.05) is 7.05 Å². The van der Waals surface area contributed by atoms with E-state index in [1.54, 1.807) is 18.9 Å². The molecule has 0 aliphatic heterocycles. The van der Waals surface area contributed by atoms with Crippen LogP contribution >= 0.6 is 11.8 Å². The maximum absolute atomic E-state index is 5.02. The number of nitrogens with zero attached hydrogens (tertiary/aromatic N) is 3. The summed E-state index contributed by atoms with van der Waals surface area (Å²) in [7, 11) is 3.80. The van der Waals surface area contributed by atoms with Gasteiger partial charge in [0.25, 0.3) is 0 Å². The van der Waals surface area contributed by atoms with Gasteiger partial charge in [-0.2, -0.15) is 0 Å². The van der Waals surface area contributed by atoms with Crippen LogP contribution in [0.2, 0.25) is 0 Å². The molecule has 5 heteroatoms. The van der Waals surface area contributed by atoms with E-state index >= 15 is 0 Å². The molecule has 0 aromatic carbocycles. The molecule has 0 aliphatic rings. The van der Waals surface area contributed by atoms with Crippen molar-refractivity contribution in [3.8, 4) is 0 Å². The maximum atomic E-state index is 5.02. The molecular weight excluding hydrogens is 234 g/mol. The summed E-state index contributed by atoms with van der Waals surface area (Å²) in [6.07, 6.45) is 3.57. The second kappa shape index (κ2) is 7.71. The van der Waals surface area contributed by atoms with E-state index in [2.05, 4.69) is 28.6 Å². The van der Waals surface area contributed by atoms with Crippen LogP contribution in [0.4, 0.5) is 0 Å². The van der Waals surface area contributed by atoms with Gasteiger partial charge in [-0.1, -0.05) is 32.0 Å². The van der Waals surface area contributed by atoms with Gasteiger partial charge in [0.1, 0.15) is 5.82 Å². The van der Waals surface area contributed by atoms with Crippen LogP contribution in [0.25, 0.3) is 0 Å². The molecule has 0 radical (unpaired) electrons. The summed E-state index contributed by atoms with van der Waals surface area (Å²) >= 11 is 1.79. The Morgan fingerprint density at radius 3 is 2.59 bits per heavy atom. The molecule has 0 bridgehead atoms. The fourth-order valence-electron chi connectivity index (χ4n) is 1.64. The number of hydrogen-bond donors (Lipinski definition) is 0. The number of ether oxygens (including phenoxy) is 1. The van der Waals surface area contributed by atoms with Crippen molar-refractivity contribution < 1.29 is 4.74 Å². The molecule has 0 fully saturated rings. The van der Waals surface area contributed by atoms with Gasteiger partial charge in [0, 0.05) is 32.4 Å². The van der Waals surface area contributed by atoms with Gasteiger partial charge < -0.3 is 9.30 Å². The predicted molar refractivity (Wildman–Crippen MR) is 71.5 cm³/mol. The van der Waals surface area contributed by atoms with E-state index < -0.39 is 0 Å². The molecule has 4 nitrogen and oxygen atoms in total. The Bertz CT molecular complexity index is 326. The van der Waals surface area contributed by atoms with Crippen molar-refractivity contribution in [2.24, 2.45) is 7.05 Å². The van der Waals surface area contributed by atoms with Crippen LogP contribution in [0.5, 0.6) is 0 Å². The van der Waals surface area contributed by atoms with Gasteiger partial charge in [-0.3, -0.25) is 0 Å². The highest BCUT2D eigenvalue weighted by atomic mass is 32.2. The first kappa shape index (κ1) is 14.5. The van der Waals surface area contributed by atoms with Crippen LogP contribution in [-0.4, -0.2) is 34.2 Å². The lowest BCUT2D eigenvalue weighted by Gasteiger charge is -2.05. The summed E-state index contributed by atoms with van der Waals surface area (Å²) in [5, 5.41) is 9.47. The van der Waals surface area contributed by atoms with Gasteiger partial charge in [0.15, 0.2) is 5.16 Å². The van der Waals surface area contributed by atoms with E-state index in [-0.39, 0.29) is 0 Å². The van der Waals surface area contributed by atoms with Crippen molar-refractivity contribution in [2.45, 2.75) is 44.2 Å². The second-order valence-electron chi connectivity index (χ2n) is 4.46. The van der Waals surface area contributed by atoms with Crippen LogP contribution in [0.1, 0.15) is 44.9 Å². The first-order valence-electron chi connectivity index (χ1n) is 6.17. The van der Waals surface area contributed by atoms with Crippen LogP contribution in [0.15, 0.2) is 5.16 Å². The zero-order valence-corrected chi connectivity index (χ0v) is 12.1. The summed E-state index contributed by atoms with van der Waals surface area (Å²) in [5.41, 5.74) is 0. The molecule has 0 spiro atoms. The topological polar surface area (TPSA) is 39.9 Å². The Morgan fingerprint density at radius 2 is 2.00 bits per heavy atom. The number of hydrogen-bond acceptors (Lipinski definition) is 4. The highest BCUT2D eigenvalue weighted by Crippen LogP contribution is 2.20. The molecule has 1 aromatic heterocycles. The summed E-state index contributed by atoms with van der Waals surface area (Å²) < 4.78 is 7.12. The number of thioether (sulfide) groups is 1. The monoisotopic (exact) mass is 257 g/mol. The van der Waals surface area contributed by atoms with Crippen LogP contribution < -0.4 is 0 Å². The van der Waals surface area contributed by atoms with Gasteiger partial charge in [0.2, 0.25) is 0 Å². The molecule has 0 N–H and O–H groups in total. The van der Waals surface area contributed by atoms with Crippen LogP contribution in [0.3, 0.4) is 0 Å². The molecule has 1 aromatic rings. The lowest BCUT2D eigenvalue weighted by atomic mass is 10.2. The standard InChI is InChI=1S/C12H23N3OS/c1-10(2)11-13-14-12(15(11)3)17-9-7-5-6-8-16-4/h10H,5-9H2,1-4H3. The Balaban J connectivity index is 2.27. The average molecular weight is 257 g/mol. The summed E-state index contributed by atoms with van der Waals surface area (Å²) in [5.74, 6) is 2.60. The predicted octanol–water partition coefficient (Wildman–Crippen LogP) is 2.85. The van der Waals surface area contributed by atoms with Crippen molar-refractivity contribution in [3.63, 3.8) is 0 Å². The highest BCUT2D eigenvalue weighted by Gasteiger charge is 2.11. The van der Waals surface area contributed by atoms with E-state index in [4.69, 9.17) is 4.74 Å². The molecule has 1 rings (SSSR count). The minimum atomic E-state index is 0.434. The van der Waals surface area contributed by atoms with Gasteiger partial charge in [-0.25, -0.2) is 0 Å². The SMILES string of the molecule is COCCCCCSc1nnc(C(C)C)n1C. The van der Waals surface area contributed by atoms with Gasteiger partial charge in [-0.05, 0) is 12.8 Å². The average Bonchev–Trinajstić information content (AvgIpc) is 2.65. The highest BCUT2D eigenvalue weighted by molar-refractivity contribution is 7.99. The van der Waals surface area contributed by atoms with Crippen LogP contribution in [-0.2, 0) is 11.8 Å². The van der Waals surface area contributed by atoms with Gasteiger partial charge in [-0.15, -0.1) is 10.2 Å². The van der Waals surface area contributed by atoms with Gasteiger partial charge >= 0.3 is 0 Å². The number of methoxy groups -OCH3 is 1. The lowest BCUT2D eigenvalue weighted by Crippen LogP contribution is -2.01. The third-order valence-corrected chi connectivity index (χ3v) is 3.72. The Kier molecular flexibility index (Phi) is 6.58. The van der Waals surface area contributed by atoms with Crippen molar-refractivity contribution in [2.75, 3.05) is 19.5 Å². The fourth-order valence-corrected chi connectivity index (χ4v) is 2.56. The Labute approximate surface area is 108 Å². The lowest BCUT2D eigenvalue weighted by molar-refractivity contribution is 0.192. The maximum Gasteiger partial charge on any atom is 0.190 e. The van der Waals surface area contributed by atoms with Crippen molar-refractivity contribution >= 4 is 11.8 Å². The quantitative estimate of drug-likeness (QED) is 0.530. The largest absolute Gasteiger partial charge is 0.385 e. The molecule has 0 saturated carbocycles. The number of unbranched alkanes of at least 4 members (excludes halogenated alkanes) is 2. The number of aromatic nitrogens is 3. The van der Waals surface area contributed by atoms with E-state index in [9.17, 15) is 0 Å². The summed E-state index contributed by atoms with van der Waals surface area (Å²) in [6, 6.07) is 0. The van der Waals surface area contributed by atoms with E-state index in [1.165, 1.54) is 12.8 Å². The molecule has 0 unspecified atom stereocenters. The minimum absolute atomic E-state index is 0.434. The van der Waals surface area contributed by atoms with Crippen molar-refractivity contribution in [1.82, 2.24) is 14.8 Å². The summed E-state index contributed by atoms with van der Waals surface area (Å²) in [6.45, 7) is 5.15. The molecule has 98 valence electrons. The van der Waals surface area contributed by atoms with Gasteiger partial charge in [0.05, 0.1) is 0 Å². The number of rotatable bonds is 8. The molecule has 0 saturated heterocycles. The minimum Gasteiger partial charge on any atom is -0.385 e. The Hall–Kier alpha value is -0.550. The van der Waals surface area contributed by atoms with Crippen molar-refractivity contribution in [3.05, 3.63) is 5.82 Å². The van der Waals surface area contributed by atoms with Crippen molar-refractivity contribution in [1.29, 1.82) is 0 Å². The summed E-state index contributed by atoms with van der Waals surface area (Å²) in [4.78, 5) is 0. The molecule has 0 aliphatic carbocycles. The molecule has 17 heavy (non-hydrogen) atoms. The molecular formula is C12H23N3OS. The van der Waals surface area contributed by atoms with E-state index in [0.717, 1.165) is 29.8 Å². The normalized spacial score (nSPS) is 11.4. The smallest absolute Gasteiger partial charge is 0.190 e. The zero-order chi connectivity index (χ0) is 12.7. The Morgan fingerprint density at radius 1 is 1.24 bits per heavy atom. The van der Waals surface area contributed by atoms with Crippen LogP contribution in [0, 0.1) is 0 Å². The molecule has 1 heterocycles. The first-order chi connectivity index (χ1) is 8.16. The molecule has 0 atom stereocenters. The zero-order valence-electron chi connectivity index (χ0n) is 11.3. The second-order valence-corrected chi connectivity index (χ2v) is 5.52. The van der Waals surface area contributed by atoms with E-state index in [0.29, 0.717) is 5.92 Å².